The smallest absolute Gasteiger partial charge is 0.258 e. The number of anilines is 2. The number of benzene rings is 2. The zero-order valence-electron chi connectivity index (χ0n) is 16.6. The van der Waals surface area contributed by atoms with Crippen molar-refractivity contribution in [3.63, 3.8) is 0 Å². The second-order valence-corrected chi connectivity index (χ2v) is 6.82. The summed E-state index contributed by atoms with van der Waals surface area (Å²) in [6, 6.07) is 10.3. The third-order valence-corrected chi connectivity index (χ3v) is 4.77. The summed E-state index contributed by atoms with van der Waals surface area (Å²) < 4.78 is 11.1. The minimum Gasteiger partial charge on any atom is -0.493 e. The molecule has 3 aromatic rings. The molecule has 1 aliphatic heterocycles. The highest BCUT2D eigenvalue weighted by atomic mass is 16.5. The zero-order chi connectivity index (χ0) is 21.1. The quantitative estimate of drug-likeness (QED) is 0.564. The fourth-order valence-electron chi connectivity index (χ4n) is 3.19. The van der Waals surface area contributed by atoms with Crippen molar-refractivity contribution in [3.8, 4) is 11.5 Å². The molecule has 4 rings (SSSR count). The number of hydrogen-bond acceptors (Lipinski definition) is 7. The molecule has 2 aromatic carbocycles. The fraction of sp³-hybridized carbons (Fsp3) is 0.238. The third kappa shape index (κ3) is 3.95. The van der Waals surface area contributed by atoms with Gasteiger partial charge in [0.1, 0.15) is 18.2 Å². The van der Waals surface area contributed by atoms with E-state index in [2.05, 4.69) is 25.9 Å². The standard InChI is InChI=1S/C21H21N5O4/c1-12-21(28)22-9-13-5-3-4-6-15(13)26-20-14-7-18(30-10-19(27)25-12)17(29-2)8-16(14)23-11-24-20/h3-8,11-12H,9-10H2,1-2H3,(H,22,28)(H,25,27)(H,23,24,26). The number of carbonyl (C=O) groups excluding carboxylic acids is 2. The number of ether oxygens (including phenoxy) is 2. The molecule has 0 saturated carbocycles. The maximum atomic E-state index is 12.4. The third-order valence-electron chi connectivity index (χ3n) is 4.77. The van der Waals surface area contributed by atoms with Crippen LogP contribution in [0.5, 0.6) is 11.5 Å². The van der Waals surface area contributed by atoms with E-state index in [1.807, 2.05) is 24.3 Å². The molecule has 1 aromatic heterocycles. The van der Waals surface area contributed by atoms with Crippen molar-refractivity contribution in [1.29, 1.82) is 0 Å². The van der Waals surface area contributed by atoms with Crippen molar-refractivity contribution >= 4 is 34.2 Å². The molecule has 154 valence electrons. The Morgan fingerprint density at radius 1 is 1.17 bits per heavy atom. The number of fused-ring (bicyclic) bond motifs is 2. The van der Waals surface area contributed by atoms with Gasteiger partial charge in [-0.05, 0) is 24.6 Å². The zero-order valence-corrected chi connectivity index (χ0v) is 16.6. The molecule has 3 N–H and O–H groups in total. The second kappa shape index (κ2) is 8.24. The van der Waals surface area contributed by atoms with E-state index in [1.54, 1.807) is 19.1 Å². The van der Waals surface area contributed by atoms with Crippen molar-refractivity contribution in [1.82, 2.24) is 20.6 Å². The molecule has 0 saturated heterocycles. The van der Waals surface area contributed by atoms with E-state index in [9.17, 15) is 9.59 Å². The molecule has 9 nitrogen and oxygen atoms in total. The molecule has 1 aliphatic rings. The lowest BCUT2D eigenvalue weighted by Gasteiger charge is -2.16. The molecule has 30 heavy (non-hydrogen) atoms. The lowest BCUT2D eigenvalue weighted by atomic mass is 10.1. The van der Waals surface area contributed by atoms with Gasteiger partial charge >= 0.3 is 0 Å². The monoisotopic (exact) mass is 407 g/mol. The lowest BCUT2D eigenvalue weighted by Crippen LogP contribution is -2.46. The van der Waals surface area contributed by atoms with Gasteiger partial charge in [0.15, 0.2) is 18.1 Å². The summed E-state index contributed by atoms with van der Waals surface area (Å²) in [4.78, 5) is 33.3. The normalized spacial score (nSPS) is 16.9. The summed E-state index contributed by atoms with van der Waals surface area (Å²) in [6.07, 6.45) is 1.46. The summed E-state index contributed by atoms with van der Waals surface area (Å²) in [5.74, 6) is 0.668. The molecule has 0 spiro atoms. The van der Waals surface area contributed by atoms with Crippen molar-refractivity contribution in [2.24, 2.45) is 0 Å². The predicted octanol–water partition coefficient (Wildman–Crippen LogP) is 1.90. The number of hydrogen-bond donors (Lipinski definition) is 3. The van der Waals surface area contributed by atoms with Crippen LogP contribution in [-0.2, 0) is 16.1 Å². The van der Waals surface area contributed by atoms with Crippen LogP contribution in [0.1, 0.15) is 12.5 Å². The number of nitrogens with zero attached hydrogens (tertiary/aromatic N) is 2. The summed E-state index contributed by atoms with van der Waals surface area (Å²) in [6.45, 7) is 1.64. The first-order chi connectivity index (χ1) is 14.5. The first kappa shape index (κ1) is 19.4. The Morgan fingerprint density at radius 2 is 2.00 bits per heavy atom. The van der Waals surface area contributed by atoms with E-state index >= 15 is 0 Å². The lowest BCUT2D eigenvalue weighted by molar-refractivity contribution is -0.129. The molecule has 2 bridgehead atoms. The molecular weight excluding hydrogens is 386 g/mol. The Hall–Kier alpha value is -3.88. The molecule has 0 fully saturated rings. The van der Waals surface area contributed by atoms with Crippen LogP contribution in [0.25, 0.3) is 10.9 Å². The Kier molecular flexibility index (Phi) is 5.34. The Balaban J connectivity index is 1.82. The molecule has 0 radical (unpaired) electrons. The Bertz CT molecular complexity index is 1120. The number of methoxy groups -OCH3 is 1. The van der Waals surface area contributed by atoms with Crippen molar-refractivity contribution < 1.29 is 19.1 Å². The SMILES string of the molecule is COc1cc2ncnc3c2cc1OCC(=O)NC(C)C(=O)NCc1ccccc1N3. The van der Waals surface area contributed by atoms with Gasteiger partial charge in [0.25, 0.3) is 5.91 Å². The number of aromatic nitrogens is 2. The van der Waals surface area contributed by atoms with Gasteiger partial charge in [0.05, 0.1) is 12.6 Å². The van der Waals surface area contributed by atoms with Gasteiger partial charge < -0.3 is 25.4 Å². The largest absolute Gasteiger partial charge is 0.493 e. The van der Waals surface area contributed by atoms with Gasteiger partial charge in [-0.3, -0.25) is 9.59 Å². The number of rotatable bonds is 1. The minimum absolute atomic E-state index is 0.268. The molecular formula is C21H21N5O4. The summed E-state index contributed by atoms with van der Waals surface area (Å²) in [5.41, 5.74) is 2.32. The van der Waals surface area contributed by atoms with E-state index in [-0.39, 0.29) is 12.5 Å². The van der Waals surface area contributed by atoms with E-state index in [0.29, 0.717) is 34.8 Å². The summed E-state index contributed by atoms with van der Waals surface area (Å²) >= 11 is 0. The molecule has 2 heterocycles. The molecule has 1 atom stereocenters. The maximum Gasteiger partial charge on any atom is 0.258 e. The summed E-state index contributed by atoms with van der Waals surface area (Å²) in [7, 11) is 1.51. The number of nitrogens with one attached hydrogen (secondary N) is 3. The Morgan fingerprint density at radius 3 is 2.83 bits per heavy atom. The first-order valence-electron chi connectivity index (χ1n) is 9.42. The van der Waals surface area contributed by atoms with Gasteiger partial charge in [-0.15, -0.1) is 0 Å². The topological polar surface area (TPSA) is 114 Å². The number of amides is 2. The highest BCUT2D eigenvalue weighted by molar-refractivity contribution is 5.93. The Labute approximate surface area is 172 Å². The average Bonchev–Trinajstić information content (AvgIpc) is 2.76. The van der Waals surface area contributed by atoms with Crippen molar-refractivity contribution in [3.05, 3.63) is 48.3 Å². The molecule has 9 heteroatoms. The van der Waals surface area contributed by atoms with Crippen LogP contribution in [0.2, 0.25) is 0 Å². The van der Waals surface area contributed by atoms with E-state index in [0.717, 1.165) is 11.3 Å². The van der Waals surface area contributed by atoms with Crippen LogP contribution >= 0.6 is 0 Å². The van der Waals surface area contributed by atoms with Gasteiger partial charge in [-0.25, -0.2) is 9.97 Å². The van der Waals surface area contributed by atoms with Crippen LogP contribution in [0.4, 0.5) is 11.5 Å². The number of carbonyl (C=O) groups is 2. The summed E-state index contributed by atoms with van der Waals surface area (Å²) in [5, 5.41) is 9.49. The highest BCUT2D eigenvalue weighted by Gasteiger charge is 2.19. The van der Waals surface area contributed by atoms with Crippen molar-refractivity contribution in [2.75, 3.05) is 19.0 Å². The highest BCUT2D eigenvalue weighted by Crippen LogP contribution is 2.35. The van der Waals surface area contributed by atoms with E-state index < -0.39 is 11.9 Å². The van der Waals surface area contributed by atoms with Crippen LogP contribution in [-0.4, -0.2) is 41.5 Å². The van der Waals surface area contributed by atoms with Gasteiger partial charge in [-0.2, -0.15) is 0 Å². The van der Waals surface area contributed by atoms with Crippen LogP contribution in [0.15, 0.2) is 42.7 Å². The van der Waals surface area contributed by atoms with Gasteiger partial charge in [0, 0.05) is 23.7 Å². The minimum atomic E-state index is -0.709. The van der Waals surface area contributed by atoms with Crippen LogP contribution in [0, 0.1) is 0 Å². The molecule has 1 unspecified atom stereocenters. The maximum absolute atomic E-state index is 12.4. The predicted molar refractivity (Wildman–Crippen MR) is 111 cm³/mol. The van der Waals surface area contributed by atoms with Crippen molar-refractivity contribution in [2.45, 2.75) is 19.5 Å². The molecule has 0 aliphatic carbocycles. The van der Waals surface area contributed by atoms with Crippen LogP contribution < -0.4 is 25.4 Å². The second-order valence-electron chi connectivity index (χ2n) is 6.82. The first-order valence-corrected chi connectivity index (χ1v) is 9.42. The molecule has 2 amide bonds. The van der Waals surface area contributed by atoms with Crippen LogP contribution in [0.3, 0.4) is 0 Å². The van der Waals surface area contributed by atoms with Gasteiger partial charge in [0.2, 0.25) is 5.91 Å². The fourth-order valence-corrected chi connectivity index (χ4v) is 3.19. The van der Waals surface area contributed by atoms with E-state index in [1.165, 1.54) is 13.4 Å². The van der Waals surface area contributed by atoms with Gasteiger partial charge in [-0.1, -0.05) is 18.2 Å². The average molecular weight is 407 g/mol. The van der Waals surface area contributed by atoms with E-state index in [4.69, 9.17) is 9.47 Å². The number of para-hydroxylation sites is 1.